The largest absolute Gasteiger partial charge is 0.383 e. The van der Waals surface area contributed by atoms with Gasteiger partial charge < -0.3 is 10.6 Å². The van der Waals surface area contributed by atoms with Crippen LogP contribution in [0.2, 0.25) is 0 Å². The number of carbonyl (C=O) groups is 1. The third-order valence-corrected chi connectivity index (χ3v) is 4.81. The van der Waals surface area contributed by atoms with Gasteiger partial charge in [-0.05, 0) is 42.6 Å². The van der Waals surface area contributed by atoms with Crippen molar-refractivity contribution in [2.45, 2.75) is 32.9 Å². The van der Waals surface area contributed by atoms with Gasteiger partial charge in [-0.2, -0.15) is 0 Å². The number of amides is 1. The maximum Gasteiger partial charge on any atom is 0.237 e. The molecule has 0 bridgehead atoms. The highest BCUT2D eigenvalue weighted by molar-refractivity contribution is 5.82. The van der Waals surface area contributed by atoms with Crippen molar-refractivity contribution in [3.05, 3.63) is 59.4 Å². The Morgan fingerprint density at radius 1 is 1.24 bits per heavy atom. The Morgan fingerprint density at radius 2 is 2.04 bits per heavy atom. The lowest BCUT2D eigenvalue weighted by atomic mass is 9.93. The molecule has 0 fully saturated rings. The van der Waals surface area contributed by atoms with Gasteiger partial charge in [-0.1, -0.05) is 31.2 Å². The van der Waals surface area contributed by atoms with Crippen molar-refractivity contribution in [3.8, 4) is 0 Å². The third kappa shape index (κ3) is 4.17. The lowest BCUT2D eigenvalue weighted by Crippen LogP contribution is -2.50. The quantitative estimate of drug-likeness (QED) is 0.794. The highest BCUT2D eigenvalue weighted by Gasteiger charge is 2.29. The fraction of sp³-hybridized carbons (Fsp3) is 0.400. The summed E-state index contributed by atoms with van der Waals surface area (Å²) in [5.74, 6) is 0.115. The fourth-order valence-corrected chi connectivity index (χ4v) is 3.34. The first-order valence-corrected chi connectivity index (χ1v) is 8.92. The van der Waals surface area contributed by atoms with Crippen LogP contribution in [0.1, 0.15) is 23.6 Å². The van der Waals surface area contributed by atoms with Crippen LogP contribution in [0.25, 0.3) is 0 Å². The SMILES string of the molecule is CCN1Cc2ccccc2C[C@H]1C(=O)NCCNc1ccncc1C. The van der Waals surface area contributed by atoms with Gasteiger partial charge in [0.15, 0.2) is 0 Å². The monoisotopic (exact) mass is 338 g/mol. The van der Waals surface area contributed by atoms with E-state index in [2.05, 4.69) is 51.7 Å². The standard InChI is InChI=1S/C20H26N4O/c1-3-24-14-17-7-5-4-6-16(17)12-19(24)20(25)23-11-10-22-18-8-9-21-13-15(18)2/h4-9,13,19H,3,10-12,14H2,1-2H3,(H,21,22)(H,23,25)/t19-/m0/s1. The fourth-order valence-electron chi connectivity index (χ4n) is 3.34. The molecular formula is C20H26N4O. The summed E-state index contributed by atoms with van der Waals surface area (Å²) in [6, 6.07) is 10.3. The molecule has 2 heterocycles. The van der Waals surface area contributed by atoms with E-state index >= 15 is 0 Å². The maximum absolute atomic E-state index is 12.7. The van der Waals surface area contributed by atoms with Crippen molar-refractivity contribution in [2.75, 3.05) is 25.0 Å². The number of rotatable bonds is 6. The molecule has 2 aromatic rings. The zero-order chi connectivity index (χ0) is 17.6. The van der Waals surface area contributed by atoms with Gasteiger partial charge in [0.25, 0.3) is 0 Å². The minimum absolute atomic E-state index is 0.0810. The summed E-state index contributed by atoms with van der Waals surface area (Å²) in [7, 11) is 0. The van der Waals surface area contributed by atoms with Crippen molar-refractivity contribution < 1.29 is 4.79 Å². The number of anilines is 1. The maximum atomic E-state index is 12.7. The Labute approximate surface area is 149 Å². The molecule has 0 unspecified atom stereocenters. The number of likely N-dealkylation sites (N-methyl/N-ethyl adjacent to an activating group) is 1. The number of aromatic nitrogens is 1. The molecule has 1 aliphatic rings. The molecule has 3 rings (SSSR count). The molecule has 25 heavy (non-hydrogen) atoms. The number of nitrogens with zero attached hydrogens (tertiary/aromatic N) is 2. The minimum atomic E-state index is -0.0810. The normalized spacial score (nSPS) is 17.0. The summed E-state index contributed by atoms with van der Waals surface area (Å²) in [5.41, 5.74) is 4.79. The molecule has 1 atom stereocenters. The first kappa shape index (κ1) is 17.4. The van der Waals surface area contributed by atoms with E-state index in [1.807, 2.05) is 19.2 Å². The number of fused-ring (bicyclic) bond motifs is 1. The number of nitrogens with one attached hydrogen (secondary N) is 2. The summed E-state index contributed by atoms with van der Waals surface area (Å²) >= 11 is 0. The Bertz CT molecular complexity index is 731. The van der Waals surface area contributed by atoms with Crippen LogP contribution in [0.4, 0.5) is 5.69 Å². The first-order chi connectivity index (χ1) is 12.2. The van der Waals surface area contributed by atoms with Crippen LogP contribution in [-0.4, -0.2) is 41.5 Å². The molecule has 1 aliphatic heterocycles. The van der Waals surface area contributed by atoms with Gasteiger partial charge in [0.2, 0.25) is 5.91 Å². The van der Waals surface area contributed by atoms with Crippen molar-refractivity contribution >= 4 is 11.6 Å². The van der Waals surface area contributed by atoms with Gasteiger partial charge >= 0.3 is 0 Å². The second-order valence-corrected chi connectivity index (χ2v) is 6.46. The zero-order valence-corrected chi connectivity index (χ0v) is 15.0. The summed E-state index contributed by atoms with van der Waals surface area (Å²) in [5, 5.41) is 6.42. The second-order valence-electron chi connectivity index (χ2n) is 6.46. The van der Waals surface area contributed by atoms with Gasteiger partial charge in [0, 0.05) is 37.7 Å². The summed E-state index contributed by atoms with van der Waals surface area (Å²) in [6.45, 7) is 7.16. The molecule has 132 valence electrons. The smallest absolute Gasteiger partial charge is 0.237 e. The highest BCUT2D eigenvalue weighted by Crippen LogP contribution is 2.23. The first-order valence-electron chi connectivity index (χ1n) is 8.92. The summed E-state index contributed by atoms with van der Waals surface area (Å²) < 4.78 is 0. The third-order valence-electron chi connectivity index (χ3n) is 4.81. The Kier molecular flexibility index (Phi) is 5.66. The molecule has 2 N–H and O–H groups in total. The molecular weight excluding hydrogens is 312 g/mol. The number of carbonyl (C=O) groups excluding carboxylic acids is 1. The van der Waals surface area contributed by atoms with Crippen LogP contribution in [0.3, 0.4) is 0 Å². The molecule has 1 aromatic carbocycles. The van der Waals surface area contributed by atoms with Crippen LogP contribution in [0, 0.1) is 6.92 Å². The van der Waals surface area contributed by atoms with Gasteiger partial charge in [-0.25, -0.2) is 0 Å². The van der Waals surface area contributed by atoms with Crippen molar-refractivity contribution in [2.24, 2.45) is 0 Å². The number of pyridine rings is 1. The summed E-state index contributed by atoms with van der Waals surface area (Å²) in [4.78, 5) is 19.0. The lowest BCUT2D eigenvalue weighted by Gasteiger charge is -2.35. The topological polar surface area (TPSA) is 57.3 Å². The molecule has 0 saturated heterocycles. The zero-order valence-electron chi connectivity index (χ0n) is 15.0. The number of hydrogen-bond donors (Lipinski definition) is 2. The van der Waals surface area contributed by atoms with Crippen LogP contribution in [-0.2, 0) is 17.8 Å². The Hall–Kier alpha value is -2.40. The van der Waals surface area contributed by atoms with Crippen LogP contribution < -0.4 is 10.6 Å². The van der Waals surface area contributed by atoms with Crippen molar-refractivity contribution in [1.29, 1.82) is 0 Å². The van der Waals surface area contributed by atoms with Crippen LogP contribution >= 0.6 is 0 Å². The summed E-state index contributed by atoms with van der Waals surface area (Å²) in [6.07, 6.45) is 4.39. The van der Waals surface area contributed by atoms with Crippen LogP contribution in [0.15, 0.2) is 42.7 Å². The molecule has 0 aliphatic carbocycles. The lowest BCUT2D eigenvalue weighted by molar-refractivity contribution is -0.126. The second kappa shape index (κ2) is 8.12. The molecule has 0 spiro atoms. The molecule has 1 aromatic heterocycles. The van der Waals surface area contributed by atoms with Gasteiger partial charge in [0.05, 0.1) is 6.04 Å². The highest BCUT2D eigenvalue weighted by atomic mass is 16.2. The minimum Gasteiger partial charge on any atom is -0.383 e. The predicted molar refractivity (Wildman–Crippen MR) is 100 cm³/mol. The molecule has 5 nitrogen and oxygen atoms in total. The molecule has 0 saturated carbocycles. The Balaban J connectivity index is 1.53. The van der Waals surface area contributed by atoms with Gasteiger partial charge in [-0.3, -0.25) is 14.7 Å². The molecule has 0 radical (unpaired) electrons. The van der Waals surface area contributed by atoms with E-state index in [1.54, 1.807) is 6.20 Å². The molecule has 1 amide bonds. The average Bonchev–Trinajstić information content (AvgIpc) is 2.65. The predicted octanol–water partition coefficient (Wildman–Crippen LogP) is 2.36. The van der Waals surface area contributed by atoms with E-state index in [0.717, 1.165) is 30.8 Å². The number of hydrogen-bond acceptors (Lipinski definition) is 4. The van der Waals surface area contributed by atoms with E-state index in [-0.39, 0.29) is 11.9 Å². The van der Waals surface area contributed by atoms with Crippen molar-refractivity contribution in [3.63, 3.8) is 0 Å². The van der Waals surface area contributed by atoms with Crippen LogP contribution in [0.5, 0.6) is 0 Å². The van der Waals surface area contributed by atoms with E-state index in [1.165, 1.54) is 11.1 Å². The van der Waals surface area contributed by atoms with E-state index in [0.29, 0.717) is 13.1 Å². The average molecular weight is 338 g/mol. The number of aryl methyl sites for hydroxylation is 1. The van der Waals surface area contributed by atoms with E-state index in [4.69, 9.17) is 0 Å². The van der Waals surface area contributed by atoms with E-state index in [9.17, 15) is 4.79 Å². The van der Waals surface area contributed by atoms with Gasteiger partial charge in [0.1, 0.15) is 0 Å². The van der Waals surface area contributed by atoms with Gasteiger partial charge in [-0.15, -0.1) is 0 Å². The molecule has 5 heteroatoms. The Morgan fingerprint density at radius 3 is 2.80 bits per heavy atom. The van der Waals surface area contributed by atoms with E-state index < -0.39 is 0 Å². The number of benzene rings is 1. The van der Waals surface area contributed by atoms with Crippen molar-refractivity contribution in [1.82, 2.24) is 15.2 Å².